The van der Waals surface area contributed by atoms with Crippen LogP contribution in [-0.4, -0.2) is 5.78 Å². The molecule has 0 spiro atoms. The fraction of sp³-hybridized carbons (Fsp3) is 0.417. The zero-order valence-electron chi connectivity index (χ0n) is 8.30. The van der Waals surface area contributed by atoms with Crippen LogP contribution in [-0.2, 0) is 11.2 Å². The number of hydrogen-bond donors (Lipinski definition) is 0. The molecule has 0 aromatic heterocycles. The van der Waals surface area contributed by atoms with Crippen molar-refractivity contribution in [3.8, 4) is 0 Å². The molecule has 1 nitrogen and oxygen atoms in total. The van der Waals surface area contributed by atoms with E-state index in [0.29, 0.717) is 34.6 Å². The van der Waals surface area contributed by atoms with Crippen molar-refractivity contribution in [2.75, 3.05) is 0 Å². The molecule has 1 aromatic rings. The van der Waals surface area contributed by atoms with Crippen LogP contribution in [0.1, 0.15) is 24.8 Å². The molecular weight excluding hydrogens is 231 g/mol. The number of rotatable bonds is 4. The maximum Gasteiger partial charge on any atom is 0.136 e. The first-order valence-electron chi connectivity index (χ1n) is 5.14. The maximum absolute atomic E-state index is 11.5. The van der Waals surface area contributed by atoms with Crippen LogP contribution in [0.3, 0.4) is 0 Å². The van der Waals surface area contributed by atoms with Crippen molar-refractivity contribution in [2.24, 2.45) is 5.92 Å². The highest BCUT2D eigenvalue weighted by Crippen LogP contribution is 2.32. The third-order valence-corrected chi connectivity index (χ3v) is 3.42. The molecule has 0 aliphatic heterocycles. The molecule has 1 aliphatic carbocycles. The molecular formula is C12H12Cl2O. The topological polar surface area (TPSA) is 17.1 Å². The van der Waals surface area contributed by atoms with Gasteiger partial charge in [-0.2, -0.15) is 0 Å². The minimum absolute atomic E-state index is 0.325. The molecule has 0 atom stereocenters. The van der Waals surface area contributed by atoms with Gasteiger partial charge in [-0.25, -0.2) is 0 Å². The van der Waals surface area contributed by atoms with E-state index in [1.54, 1.807) is 0 Å². The predicted molar refractivity (Wildman–Crippen MR) is 62.5 cm³/mol. The van der Waals surface area contributed by atoms with Crippen molar-refractivity contribution in [2.45, 2.75) is 25.7 Å². The van der Waals surface area contributed by atoms with Crippen LogP contribution in [0, 0.1) is 5.92 Å². The van der Waals surface area contributed by atoms with Gasteiger partial charge in [0.25, 0.3) is 0 Å². The molecule has 0 amide bonds. The molecule has 1 aliphatic rings. The highest BCUT2D eigenvalue weighted by Gasteiger charge is 2.28. The van der Waals surface area contributed by atoms with Crippen LogP contribution in [0.2, 0.25) is 10.0 Å². The fourth-order valence-electron chi connectivity index (χ4n) is 1.63. The number of halogens is 2. The average molecular weight is 243 g/mol. The number of benzene rings is 1. The van der Waals surface area contributed by atoms with E-state index in [1.165, 1.54) is 0 Å². The Balaban J connectivity index is 2.00. The molecule has 0 unspecified atom stereocenters. The van der Waals surface area contributed by atoms with E-state index in [1.807, 2.05) is 18.2 Å². The van der Waals surface area contributed by atoms with E-state index in [-0.39, 0.29) is 0 Å². The lowest BCUT2D eigenvalue weighted by Gasteiger charge is -2.05. The van der Waals surface area contributed by atoms with Gasteiger partial charge in [-0.05, 0) is 37.0 Å². The average Bonchev–Trinajstić information content (AvgIpc) is 2.99. The maximum atomic E-state index is 11.5. The summed E-state index contributed by atoms with van der Waals surface area (Å²) in [5, 5.41) is 1.32. The Hall–Kier alpha value is -0.530. The SMILES string of the molecule is O=C(CCc1c(Cl)cccc1Cl)C1CC1. The molecule has 0 heterocycles. The lowest BCUT2D eigenvalue weighted by Crippen LogP contribution is -2.02. The molecule has 1 saturated carbocycles. The molecule has 1 aromatic carbocycles. The number of hydrogen-bond acceptors (Lipinski definition) is 1. The van der Waals surface area contributed by atoms with Gasteiger partial charge in [0.1, 0.15) is 5.78 Å². The molecule has 0 saturated heterocycles. The molecule has 0 N–H and O–H groups in total. The van der Waals surface area contributed by atoms with Crippen molar-refractivity contribution in [1.29, 1.82) is 0 Å². The monoisotopic (exact) mass is 242 g/mol. The lowest BCUT2D eigenvalue weighted by molar-refractivity contribution is -0.120. The van der Waals surface area contributed by atoms with Gasteiger partial charge in [0.05, 0.1) is 0 Å². The van der Waals surface area contributed by atoms with Gasteiger partial charge in [0.15, 0.2) is 0 Å². The van der Waals surface area contributed by atoms with E-state index < -0.39 is 0 Å². The van der Waals surface area contributed by atoms with Gasteiger partial charge in [0.2, 0.25) is 0 Å². The van der Waals surface area contributed by atoms with Gasteiger partial charge in [0, 0.05) is 22.4 Å². The van der Waals surface area contributed by atoms with Crippen LogP contribution in [0.5, 0.6) is 0 Å². The van der Waals surface area contributed by atoms with Gasteiger partial charge < -0.3 is 0 Å². The molecule has 0 bridgehead atoms. The zero-order chi connectivity index (χ0) is 10.8. The summed E-state index contributed by atoms with van der Waals surface area (Å²) in [6, 6.07) is 5.44. The summed E-state index contributed by atoms with van der Waals surface area (Å²) in [6.45, 7) is 0. The summed E-state index contributed by atoms with van der Waals surface area (Å²) in [4.78, 5) is 11.5. The quantitative estimate of drug-likeness (QED) is 0.783. The summed E-state index contributed by atoms with van der Waals surface area (Å²) < 4.78 is 0. The van der Waals surface area contributed by atoms with Crippen molar-refractivity contribution in [3.05, 3.63) is 33.8 Å². The smallest absolute Gasteiger partial charge is 0.136 e. The first-order valence-corrected chi connectivity index (χ1v) is 5.89. The number of carbonyl (C=O) groups excluding carboxylic acids is 1. The highest BCUT2D eigenvalue weighted by molar-refractivity contribution is 6.36. The van der Waals surface area contributed by atoms with Gasteiger partial charge >= 0.3 is 0 Å². The Kier molecular flexibility index (Phi) is 3.32. The summed E-state index contributed by atoms with van der Waals surface area (Å²) in [7, 11) is 0. The largest absolute Gasteiger partial charge is 0.299 e. The Morgan fingerprint density at radius 1 is 1.27 bits per heavy atom. The molecule has 0 radical (unpaired) electrons. The van der Waals surface area contributed by atoms with E-state index in [9.17, 15) is 4.79 Å². The lowest BCUT2D eigenvalue weighted by atomic mass is 10.1. The minimum Gasteiger partial charge on any atom is -0.299 e. The zero-order valence-corrected chi connectivity index (χ0v) is 9.81. The van der Waals surface area contributed by atoms with Crippen molar-refractivity contribution in [1.82, 2.24) is 0 Å². The Labute approximate surface area is 99.4 Å². The Morgan fingerprint density at radius 2 is 1.87 bits per heavy atom. The van der Waals surface area contributed by atoms with Gasteiger partial charge in [-0.1, -0.05) is 29.3 Å². The Bertz CT molecular complexity index is 363. The highest BCUT2D eigenvalue weighted by atomic mass is 35.5. The van der Waals surface area contributed by atoms with Crippen molar-refractivity contribution in [3.63, 3.8) is 0 Å². The van der Waals surface area contributed by atoms with Crippen molar-refractivity contribution < 1.29 is 4.79 Å². The normalized spacial score (nSPS) is 15.3. The molecule has 80 valence electrons. The third-order valence-electron chi connectivity index (χ3n) is 2.72. The van der Waals surface area contributed by atoms with Crippen LogP contribution < -0.4 is 0 Å². The first-order chi connectivity index (χ1) is 7.18. The van der Waals surface area contributed by atoms with E-state index >= 15 is 0 Å². The number of ketones is 1. The Morgan fingerprint density at radius 3 is 2.40 bits per heavy atom. The molecule has 2 rings (SSSR count). The second-order valence-electron chi connectivity index (χ2n) is 3.94. The fourth-order valence-corrected chi connectivity index (χ4v) is 2.22. The third kappa shape index (κ3) is 2.73. The number of carbonyl (C=O) groups is 1. The van der Waals surface area contributed by atoms with E-state index in [4.69, 9.17) is 23.2 Å². The number of Topliss-reactive ketones (excluding diaryl/α,β-unsaturated/α-hetero) is 1. The van der Waals surface area contributed by atoms with Gasteiger partial charge in [-0.3, -0.25) is 4.79 Å². The van der Waals surface area contributed by atoms with Crippen molar-refractivity contribution >= 4 is 29.0 Å². The van der Waals surface area contributed by atoms with Crippen LogP contribution in [0.25, 0.3) is 0 Å². The first kappa shape index (κ1) is 11.0. The standard InChI is InChI=1S/C12H12Cl2O/c13-10-2-1-3-11(14)9(10)6-7-12(15)8-4-5-8/h1-3,8H,4-7H2. The van der Waals surface area contributed by atoms with Crippen LogP contribution >= 0.6 is 23.2 Å². The van der Waals surface area contributed by atoms with Gasteiger partial charge in [-0.15, -0.1) is 0 Å². The summed E-state index contributed by atoms with van der Waals surface area (Å²) in [5.41, 5.74) is 0.898. The van der Waals surface area contributed by atoms with Crippen LogP contribution in [0.4, 0.5) is 0 Å². The molecule has 15 heavy (non-hydrogen) atoms. The summed E-state index contributed by atoms with van der Waals surface area (Å²) >= 11 is 12.0. The second kappa shape index (κ2) is 4.54. The second-order valence-corrected chi connectivity index (χ2v) is 4.76. The minimum atomic E-state index is 0.325. The summed E-state index contributed by atoms with van der Waals surface area (Å²) in [6.07, 6.45) is 3.35. The van der Waals surface area contributed by atoms with E-state index in [2.05, 4.69) is 0 Å². The van der Waals surface area contributed by atoms with Crippen LogP contribution in [0.15, 0.2) is 18.2 Å². The summed E-state index contributed by atoms with van der Waals surface area (Å²) in [5.74, 6) is 0.678. The van der Waals surface area contributed by atoms with E-state index in [0.717, 1.165) is 18.4 Å². The molecule has 1 fully saturated rings. The molecule has 3 heteroatoms. The predicted octanol–water partition coefficient (Wildman–Crippen LogP) is 3.91.